The summed E-state index contributed by atoms with van der Waals surface area (Å²) in [6, 6.07) is 10.3. The number of nitrogens with one attached hydrogen (secondary N) is 1. The number of carbonyl (C=O) groups excluding carboxylic acids is 1. The van der Waals surface area contributed by atoms with Crippen LogP contribution in [-0.4, -0.2) is 26.1 Å². The van der Waals surface area contributed by atoms with Crippen molar-refractivity contribution in [1.29, 1.82) is 0 Å². The van der Waals surface area contributed by atoms with Gasteiger partial charge in [0.05, 0.1) is 0 Å². The molecule has 0 fully saturated rings. The number of amides is 1. The van der Waals surface area contributed by atoms with Gasteiger partial charge in [-0.15, -0.1) is 0 Å². The van der Waals surface area contributed by atoms with Crippen molar-refractivity contribution in [3.8, 4) is 0 Å². The topological polar surface area (TPSA) is 51.9 Å². The summed E-state index contributed by atoms with van der Waals surface area (Å²) < 4.78 is 4.15. The summed E-state index contributed by atoms with van der Waals surface area (Å²) in [5.41, 5.74) is 1.09. The highest BCUT2D eigenvalue weighted by molar-refractivity contribution is 5.83. The number of rotatable bonds is 3. The summed E-state index contributed by atoms with van der Waals surface area (Å²) in [7, 11) is 0. The summed E-state index contributed by atoms with van der Waals surface area (Å²) >= 11 is 0. The van der Waals surface area contributed by atoms with Crippen LogP contribution in [0.2, 0.25) is 0 Å². The van der Waals surface area contributed by atoms with E-state index in [1.165, 1.54) is 0 Å². The van der Waals surface area contributed by atoms with Crippen molar-refractivity contribution in [3.63, 3.8) is 0 Å². The van der Waals surface area contributed by atoms with Gasteiger partial charge in [0.25, 0.3) is 0 Å². The molecule has 0 spiro atoms. The molecule has 2 aromatic heterocycles. The Morgan fingerprint density at radius 2 is 2.18 bits per heavy atom. The lowest BCUT2D eigenvalue weighted by molar-refractivity contribution is -0.122. The van der Waals surface area contributed by atoms with Crippen molar-refractivity contribution in [2.75, 3.05) is 0 Å². The number of carbonyl (C=O) groups is 1. The maximum Gasteiger partial charge on any atom is 0.240 e. The van der Waals surface area contributed by atoms with Crippen molar-refractivity contribution >= 4 is 16.8 Å². The van der Waals surface area contributed by atoms with Crippen LogP contribution >= 0.6 is 0 Å². The number of hydrogen-bond donors (Lipinski definition) is 1. The molecule has 4 rings (SSSR count). The number of hydrogen-bond acceptors (Lipinski definition) is 2. The largest absolute Gasteiger partial charge is 0.351 e. The molecule has 1 N–H and O–H groups in total. The number of aromatic nitrogens is 3. The molecule has 1 aromatic carbocycles. The summed E-state index contributed by atoms with van der Waals surface area (Å²) in [6.07, 6.45) is 7.56. The summed E-state index contributed by atoms with van der Waals surface area (Å²) in [6.45, 7) is 1.28. The van der Waals surface area contributed by atoms with E-state index in [0.717, 1.165) is 36.1 Å². The SMILES string of the molecule is O=C(Cn1ccc2ccccc21)NC1CCn2ccnc2C1. The van der Waals surface area contributed by atoms with Gasteiger partial charge in [-0.1, -0.05) is 18.2 Å². The molecule has 3 heterocycles. The molecule has 1 atom stereocenters. The van der Waals surface area contributed by atoms with E-state index in [2.05, 4.69) is 20.9 Å². The van der Waals surface area contributed by atoms with Crippen molar-refractivity contribution in [2.24, 2.45) is 0 Å². The molecule has 3 aromatic rings. The molecule has 1 amide bonds. The minimum Gasteiger partial charge on any atom is -0.351 e. The maximum atomic E-state index is 12.3. The van der Waals surface area contributed by atoms with Crippen molar-refractivity contribution in [2.45, 2.75) is 32.0 Å². The van der Waals surface area contributed by atoms with Crippen LogP contribution in [0.1, 0.15) is 12.2 Å². The minimum absolute atomic E-state index is 0.0614. The first kappa shape index (κ1) is 13.1. The van der Waals surface area contributed by atoms with Gasteiger partial charge in [-0.25, -0.2) is 4.98 Å². The van der Waals surface area contributed by atoms with E-state index in [1.807, 2.05) is 47.4 Å². The Kier molecular flexibility index (Phi) is 3.18. The highest BCUT2D eigenvalue weighted by Crippen LogP contribution is 2.16. The molecule has 1 unspecified atom stereocenters. The second-order valence-corrected chi connectivity index (χ2v) is 5.80. The summed E-state index contributed by atoms with van der Waals surface area (Å²) in [5.74, 6) is 1.12. The van der Waals surface area contributed by atoms with Gasteiger partial charge >= 0.3 is 0 Å². The van der Waals surface area contributed by atoms with Crippen LogP contribution in [0, 0.1) is 0 Å². The van der Waals surface area contributed by atoms with Crippen LogP contribution in [0.15, 0.2) is 48.9 Å². The van der Waals surface area contributed by atoms with Gasteiger partial charge in [0.15, 0.2) is 0 Å². The average molecular weight is 294 g/mol. The molecule has 1 aliphatic rings. The lowest BCUT2D eigenvalue weighted by atomic mass is 10.1. The van der Waals surface area contributed by atoms with Crippen LogP contribution in [0.25, 0.3) is 10.9 Å². The summed E-state index contributed by atoms with van der Waals surface area (Å²) in [5, 5.41) is 4.30. The van der Waals surface area contributed by atoms with E-state index >= 15 is 0 Å². The number of fused-ring (bicyclic) bond motifs is 2. The smallest absolute Gasteiger partial charge is 0.240 e. The van der Waals surface area contributed by atoms with Crippen LogP contribution in [0.4, 0.5) is 0 Å². The standard InChI is InChI=1S/C17H18N4O/c22-17(12-21-8-5-13-3-1-2-4-15(13)21)19-14-6-9-20-10-7-18-16(20)11-14/h1-5,7-8,10,14H,6,9,11-12H2,(H,19,22). The van der Waals surface area contributed by atoms with Gasteiger partial charge in [-0.05, 0) is 23.9 Å². The third-order valence-corrected chi connectivity index (χ3v) is 4.31. The van der Waals surface area contributed by atoms with Crippen LogP contribution < -0.4 is 5.32 Å². The molecular formula is C17H18N4O. The fourth-order valence-corrected chi connectivity index (χ4v) is 3.18. The second-order valence-electron chi connectivity index (χ2n) is 5.80. The Labute approximate surface area is 128 Å². The van der Waals surface area contributed by atoms with Crippen molar-refractivity contribution < 1.29 is 4.79 Å². The van der Waals surface area contributed by atoms with Gasteiger partial charge < -0.3 is 14.5 Å². The third kappa shape index (κ3) is 2.39. The number of benzene rings is 1. The van der Waals surface area contributed by atoms with Gasteiger partial charge in [0.1, 0.15) is 12.4 Å². The van der Waals surface area contributed by atoms with E-state index in [0.29, 0.717) is 6.54 Å². The molecule has 112 valence electrons. The average Bonchev–Trinajstić information content (AvgIpc) is 3.14. The van der Waals surface area contributed by atoms with Crippen LogP contribution in [0.3, 0.4) is 0 Å². The molecular weight excluding hydrogens is 276 g/mol. The number of nitrogens with zero attached hydrogens (tertiary/aromatic N) is 3. The van der Waals surface area contributed by atoms with E-state index in [4.69, 9.17) is 0 Å². The van der Waals surface area contributed by atoms with Crippen molar-refractivity contribution in [3.05, 3.63) is 54.7 Å². The molecule has 0 radical (unpaired) electrons. The molecule has 0 saturated heterocycles. The molecule has 22 heavy (non-hydrogen) atoms. The molecule has 5 nitrogen and oxygen atoms in total. The Morgan fingerprint density at radius 3 is 3.14 bits per heavy atom. The lowest BCUT2D eigenvalue weighted by Crippen LogP contribution is -2.41. The minimum atomic E-state index is 0.0614. The van der Waals surface area contributed by atoms with Gasteiger partial charge in [-0.2, -0.15) is 0 Å². The molecule has 5 heteroatoms. The zero-order valence-corrected chi connectivity index (χ0v) is 12.3. The predicted octanol–water partition coefficient (Wildman–Crippen LogP) is 1.97. The zero-order valence-electron chi connectivity index (χ0n) is 12.3. The summed E-state index contributed by atoms with van der Waals surface area (Å²) in [4.78, 5) is 16.7. The first-order valence-corrected chi connectivity index (χ1v) is 7.63. The third-order valence-electron chi connectivity index (χ3n) is 4.31. The lowest BCUT2D eigenvalue weighted by Gasteiger charge is -2.24. The predicted molar refractivity (Wildman–Crippen MR) is 84.4 cm³/mol. The highest BCUT2D eigenvalue weighted by atomic mass is 16.2. The Bertz CT molecular complexity index is 817. The maximum absolute atomic E-state index is 12.3. The zero-order chi connectivity index (χ0) is 14.9. The van der Waals surface area contributed by atoms with Gasteiger partial charge in [0, 0.05) is 43.1 Å². The van der Waals surface area contributed by atoms with E-state index in [1.54, 1.807) is 0 Å². The first-order valence-electron chi connectivity index (χ1n) is 7.63. The second kappa shape index (κ2) is 5.33. The normalized spacial score (nSPS) is 17.4. The van der Waals surface area contributed by atoms with Gasteiger partial charge in [0.2, 0.25) is 5.91 Å². The fraction of sp³-hybridized carbons (Fsp3) is 0.294. The number of aryl methyl sites for hydroxylation is 1. The van der Waals surface area contributed by atoms with E-state index < -0.39 is 0 Å². The van der Waals surface area contributed by atoms with Crippen LogP contribution in [0.5, 0.6) is 0 Å². The Hall–Kier alpha value is -2.56. The van der Waals surface area contributed by atoms with E-state index in [-0.39, 0.29) is 11.9 Å². The quantitative estimate of drug-likeness (QED) is 0.803. The van der Waals surface area contributed by atoms with Gasteiger partial charge in [-0.3, -0.25) is 4.79 Å². The first-order chi connectivity index (χ1) is 10.8. The molecule has 0 aliphatic carbocycles. The Morgan fingerprint density at radius 1 is 1.27 bits per heavy atom. The van der Waals surface area contributed by atoms with Crippen LogP contribution in [-0.2, 0) is 24.3 Å². The highest BCUT2D eigenvalue weighted by Gasteiger charge is 2.20. The number of para-hydroxylation sites is 1. The van der Waals surface area contributed by atoms with Crippen molar-refractivity contribution in [1.82, 2.24) is 19.4 Å². The molecule has 1 aliphatic heterocycles. The molecule has 0 saturated carbocycles. The van der Waals surface area contributed by atoms with E-state index in [9.17, 15) is 4.79 Å². The number of imidazole rings is 1. The molecule has 0 bridgehead atoms. The monoisotopic (exact) mass is 294 g/mol. The fourth-order valence-electron chi connectivity index (χ4n) is 3.18. The Balaban J connectivity index is 1.43.